The minimum absolute atomic E-state index is 0.0875. The van der Waals surface area contributed by atoms with Crippen molar-refractivity contribution in [2.75, 3.05) is 5.32 Å². The van der Waals surface area contributed by atoms with Crippen molar-refractivity contribution in [1.82, 2.24) is 19.6 Å². The summed E-state index contributed by atoms with van der Waals surface area (Å²) in [5.41, 5.74) is 0.739. The monoisotopic (exact) mass is 485 g/mol. The van der Waals surface area contributed by atoms with Gasteiger partial charge in [0.2, 0.25) is 0 Å². The molecule has 4 aromatic rings. The number of halogens is 2. The molecule has 0 unspecified atom stereocenters. The number of aromatic nitrogens is 4. The van der Waals surface area contributed by atoms with E-state index in [1.54, 1.807) is 23.1 Å². The fourth-order valence-corrected chi connectivity index (χ4v) is 2.86. The van der Waals surface area contributed by atoms with Crippen LogP contribution in [0.1, 0.15) is 10.5 Å². The van der Waals surface area contributed by atoms with Gasteiger partial charge < -0.3 is 14.8 Å². The van der Waals surface area contributed by atoms with E-state index in [2.05, 4.69) is 31.4 Å². The van der Waals surface area contributed by atoms with Crippen molar-refractivity contribution in [2.45, 2.75) is 13.5 Å². The highest BCUT2D eigenvalue weighted by atomic mass is 79.9. The lowest BCUT2D eigenvalue weighted by atomic mass is 10.3. The third-order valence-electron chi connectivity index (χ3n) is 4.12. The third-order valence-corrected chi connectivity index (χ3v) is 4.65. The van der Waals surface area contributed by atoms with Gasteiger partial charge in [-0.15, -0.1) is 0 Å². The molecule has 0 aliphatic carbocycles. The van der Waals surface area contributed by atoms with Gasteiger partial charge in [0.1, 0.15) is 17.3 Å². The van der Waals surface area contributed by atoms with Crippen LogP contribution in [-0.4, -0.2) is 25.5 Å². The Kier molecular flexibility index (Phi) is 6.27. The minimum Gasteiger partial charge on any atom is -0.471 e. The van der Waals surface area contributed by atoms with E-state index < -0.39 is 0 Å². The highest BCUT2D eigenvalue weighted by molar-refractivity contribution is 9.10. The molecule has 10 heteroatoms. The van der Waals surface area contributed by atoms with Crippen LogP contribution in [0.5, 0.6) is 11.5 Å². The predicted molar refractivity (Wildman–Crippen MR) is 114 cm³/mol. The first-order chi connectivity index (χ1) is 15.0. The molecule has 0 aliphatic rings. The number of carbonyl (C=O) groups is 1. The van der Waals surface area contributed by atoms with E-state index in [0.29, 0.717) is 17.2 Å². The number of anilines is 1. The summed E-state index contributed by atoms with van der Waals surface area (Å²) >= 11 is 3.37. The van der Waals surface area contributed by atoms with Crippen molar-refractivity contribution in [3.05, 3.63) is 89.2 Å². The zero-order valence-corrected chi connectivity index (χ0v) is 17.7. The van der Waals surface area contributed by atoms with Crippen LogP contribution in [0.25, 0.3) is 0 Å². The summed E-state index contributed by atoms with van der Waals surface area (Å²) in [4.78, 5) is 12.4. The van der Waals surface area contributed by atoms with E-state index in [1.165, 1.54) is 35.1 Å². The number of rotatable bonds is 8. The molecule has 158 valence electrons. The lowest BCUT2D eigenvalue weighted by Gasteiger charge is -2.06. The summed E-state index contributed by atoms with van der Waals surface area (Å²) in [6, 6.07) is 14.7. The van der Waals surface area contributed by atoms with Gasteiger partial charge in [-0.25, -0.2) is 13.8 Å². The van der Waals surface area contributed by atoms with Gasteiger partial charge in [-0.05, 0) is 54.6 Å². The molecule has 2 heterocycles. The first-order valence-corrected chi connectivity index (χ1v) is 9.98. The highest BCUT2D eigenvalue weighted by Crippen LogP contribution is 2.17. The Bertz CT molecular complexity index is 1160. The summed E-state index contributed by atoms with van der Waals surface area (Å²) < 4.78 is 28.1. The topological polar surface area (TPSA) is 83.2 Å². The van der Waals surface area contributed by atoms with Crippen LogP contribution in [0, 0.1) is 5.82 Å². The number of hydrogen-bond donors (Lipinski definition) is 1. The Hall–Kier alpha value is -3.66. The van der Waals surface area contributed by atoms with Gasteiger partial charge in [0, 0.05) is 10.7 Å². The molecule has 2 aromatic heterocycles. The van der Waals surface area contributed by atoms with Crippen molar-refractivity contribution in [3.63, 3.8) is 0 Å². The normalized spacial score (nSPS) is 10.6. The number of amides is 1. The second-order valence-corrected chi connectivity index (χ2v) is 7.33. The molecule has 8 nitrogen and oxygen atoms in total. The van der Waals surface area contributed by atoms with E-state index in [4.69, 9.17) is 9.47 Å². The molecule has 0 radical (unpaired) electrons. The molecule has 0 atom stereocenters. The van der Waals surface area contributed by atoms with E-state index in [-0.39, 0.29) is 30.9 Å². The molecule has 0 saturated carbocycles. The molecule has 0 aliphatic heterocycles. The predicted octanol–water partition coefficient (Wildman–Crippen LogP) is 4.31. The van der Waals surface area contributed by atoms with E-state index in [0.717, 1.165) is 4.47 Å². The van der Waals surface area contributed by atoms with Gasteiger partial charge in [0.25, 0.3) is 5.91 Å². The quantitative estimate of drug-likeness (QED) is 0.402. The lowest BCUT2D eigenvalue weighted by molar-refractivity contribution is 0.102. The number of benzene rings is 2. The van der Waals surface area contributed by atoms with Gasteiger partial charge in [-0.2, -0.15) is 10.2 Å². The van der Waals surface area contributed by atoms with Gasteiger partial charge in [0.05, 0.1) is 18.1 Å². The molecule has 31 heavy (non-hydrogen) atoms. The molecular formula is C21H17BrFN5O3. The van der Waals surface area contributed by atoms with Gasteiger partial charge >= 0.3 is 0 Å². The number of hydrogen-bond acceptors (Lipinski definition) is 5. The highest BCUT2D eigenvalue weighted by Gasteiger charge is 2.11. The fraction of sp³-hybridized carbons (Fsp3) is 0.0952. The van der Waals surface area contributed by atoms with Crippen molar-refractivity contribution in [1.29, 1.82) is 0 Å². The number of nitrogens with zero attached hydrogens (tertiary/aromatic N) is 4. The molecule has 0 spiro atoms. The van der Waals surface area contributed by atoms with Crippen molar-refractivity contribution < 1.29 is 18.7 Å². The molecule has 0 bridgehead atoms. The van der Waals surface area contributed by atoms with Crippen molar-refractivity contribution >= 4 is 27.5 Å². The number of nitrogens with one attached hydrogen (secondary N) is 1. The Morgan fingerprint density at radius 2 is 1.61 bits per heavy atom. The maximum Gasteiger partial charge on any atom is 0.276 e. The lowest BCUT2D eigenvalue weighted by Crippen LogP contribution is -2.14. The van der Waals surface area contributed by atoms with Gasteiger partial charge in [-0.1, -0.05) is 15.9 Å². The van der Waals surface area contributed by atoms with Crippen LogP contribution in [0.15, 0.2) is 77.7 Å². The zero-order chi connectivity index (χ0) is 21.6. The van der Waals surface area contributed by atoms with Crippen LogP contribution in [0.3, 0.4) is 0 Å². The maximum absolute atomic E-state index is 12.9. The molecular weight excluding hydrogens is 469 g/mol. The molecule has 4 rings (SSSR count). The second kappa shape index (κ2) is 9.43. The Morgan fingerprint density at radius 1 is 0.968 bits per heavy atom. The molecule has 1 amide bonds. The largest absolute Gasteiger partial charge is 0.471 e. The second-order valence-electron chi connectivity index (χ2n) is 6.42. The van der Waals surface area contributed by atoms with E-state index in [1.807, 2.05) is 24.3 Å². The standard InChI is InChI=1S/C21H17BrFN5O3/c22-15-1-5-18(6-2-15)31-14-28-12-17(11-24-28)25-21(29)20-9-10-27(26-20)13-30-19-7-3-16(23)4-8-19/h1-12H,13-14H2,(H,25,29). The Balaban J connectivity index is 1.28. The first kappa shape index (κ1) is 20.6. The van der Waals surface area contributed by atoms with Crippen LogP contribution in [0.4, 0.5) is 10.1 Å². The zero-order valence-electron chi connectivity index (χ0n) is 16.1. The fourth-order valence-electron chi connectivity index (χ4n) is 2.59. The number of carbonyl (C=O) groups excluding carboxylic acids is 1. The molecule has 2 aromatic carbocycles. The maximum atomic E-state index is 12.9. The van der Waals surface area contributed by atoms with Crippen LogP contribution < -0.4 is 14.8 Å². The van der Waals surface area contributed by atoms with Gasteiger partial charge in [0.15, 0.2) is 19.2 Å². The Labute approximate surface area is 185 Å². The Morgan fingerprint density at radius 3 is 2.32 bits per heavy atom. The smallest absolute Gasteiger partial charge is 0.276 e. The molecule has 1 N–H and O–H groups in total. The first-order valence-electron chi connectivity index (χ1n) is 9.19. The molecule has 0 fully saturated rings. The van der Waals surface area contributed by atoms with E-state index >= 15 is 0 Å². The summed E-state index contributed by atoms with van der Waals surface area (Å²) in [6.45, 7) is 0.289. The SMILES string of the molecule is O=C(Nc1cnn(COc2ccc(Br)cc2)c1)c1ccn(COc2ccc(F)cc2)n1. The van der Waals surface area contributed by atoms with E-state index in [9.17, 15) is 9.18 Å². The van der Waals surface area contributed by atoms with Crippen LogP contribution in [0.2, 0.25) is 0 Å². The third kappa shape index (κ3) is 5.70. The minimum atomic E-state index is -0.381. The number of ether oxygens (including phenoxy) is 2. The summed E-state index contributed by atoms with van der Waals surface area (Å²) in [5, 5.41) is 11.1. The van der Waals surface area contributed by atoms with Gasteiger partial charge in [-0.3, -0.25) is 4.79 Å². The summed E-state index contributed by atoms with van der Waals surface area (Å²) in [6.07, 6.45) is 4.80. The summed E-state index contributed by atoms with van der Waals surface area (Å²) in [5.74, 6) is 0.487. The average Bonchev–Trinajstić information content (AvgIpc) is 3.43. The molecule has 0 saturated heterocycles. The average molecular weight is 486 g/mol. The van der Waals surface area contributed by atoms with Crippen molar-refractivity contribution in [2.24, 2.45) is 0 Å². The van der Waals surface area contributed by atoms with Crippen LogP contribution >= 0.6 is 15.9 Å². The van der Waals surface area contributed by atoms with Crippen molar-refractivity contribution in [3.8, 4) is 11.5 Å². The summed E-state index contributed by atoms with van der Waals surface area (Å²) in [7, 11) is 0. The van der Waals surface area contributed by atoms with Crippen LogP contribution in [-0.2, 0) is 13.5 Å².